The molecule has 0 saturated heterocycles. The number of hydrogen-bond acceptors (Lipinski definition) is 4. The molecule has 11 aromatic rings. The van der Waals surface area contributed by atoms with Crippen LogP contribution in [0.3, 0.4) is 0 Å². The van der Waals surface area contributed by atoms with Gasteiger partial charge in [-0.15, -0.1) is 0 Å². The van der Waals surface area contributed by atoms with Gasteiger partial charge in [0.25, 0.3) is 0 Å². The van der Waals surface area contributed by atoms with Crippen molar-refractivity contribution in [2.45, 2.75) is 32.1 Å². The average molecular weight is 965 g/mol. The maximum Gasteiger partial charge on any atom is 0.0540 e. The van der Waals surface area contributed by atoms with E-state index in [4.69, 9.17) is 0 Å². The van der Waals surface area contributed by atoms with Gasteiger partial charge in [0.2, 0.25) is 0 Å². The first kappa shape index (κ1) is 45.5. The van der Waals surface area contributed by atoms with E-state index >= 15 is 0 Å². The fourth-order valence-corrected chi connectivity index (χ4v) is 11.7. The van der Waals surface area contributed by atoms with E-state index in [0.29, 0.717) is 0 Å². The Morgan fingerprint density at radius 3 is 1.09 bits per heavy atom. The molecule has 2 aliphatic rings. The summed E-state index contributed by atoms with van der Waals surface area (Å²) in [6, 6.07) is 96.9. The van der Waals surface area contributed by atoms with Gasteiger partial charge in [-0.05, 0) is 167 Å². The van der Waals surface area contributed by atoms with Gasteiger partial charge < -0.3 is 19.6 Å². The second kappa shape index (κ2) is 19.2. The van der Waals surface area contributed by atoms with Crippen LogP contribution in [0.1, 0.15) is 37.8 Å². The first-order chi connectivity index (χ1) is 37.0. The Labute approximate surface area is 440 Å². The molecule has 0 atom stereocenters. The molecule has 4 heteroatoms. The minimum absolute atomic E-state index is 0.275. The minimum Gasteiger partial charge on any atom is -0.314 e. The second-order valence-electron chi connectivity index (χ2n) is 20.1. The summed E-state index contributed by atoms with van der Waals surface area (Å²) in [5, 5.41) is 4.90. The highest BCUT2D eigenvalue weighted by molar-refractivity contribution is 6.00. The van der Waals surface area contributed by atoms with Crippen molar-refractivity contribution in [2.75, 3.05) is 19.6 Å². The van der Waals surface area contributed by atoms with Crippen LogP contribution in [0.15, 0.2) is 290 Å². The van der Waals surface area contributed by atoms with Gasteiger partial charge in [0, 0.05) is 73.1 Å². The molecule has 0 saturated carbocycles. The molecular weight excluding hydrogens is 909 g/mol. The van der Waals surface area contributed by atoms with Crippen LogP contribution >= 0.6 is 0 Å². The fourth-order valence-electron chi connectivity index (χ4n) is 11.7. The number of anilines is 10. The van der Waals surface area contributed by atoms with Crippen molar-refractivity contribution < 1.29 is 0 Å². The SMILES string of the molecule is CC1(C)c2cc(N(C3=CC=C(N(c4ccccc4)c4cccc5ccccc45)CC3)c3ccccc3)ccc2-c2ccc(N(c3ccccc3)c3ccc(N(c4ccccc4)c4cccc5ccccc45)cc3)cc21. The lowest BCUT2D eigenvalue weighted by Crippen LogP contribution is -2.23. The lowest BCUT2D eigenvalue weighted by atomic mass is 9.82. The number of para-hydroxylation sites is 4. The Bertz CT molecular complexity index is 3910. The highest BCUT2D eigenvalue weighted by atomic mass is 15.2. The number of benzene rings is 11. The molecule has 360 valence electrons. The van der Waals surface area contributed by atoms with Gasteiger partial charge in [-0.2, -0.15) is 0 Å². The number of hydrogen-bond donors (Lipinski definition) is 0. The van der Waals surface area contributed by atoms with Gasteiger partial charge in [-0.3, -0.25) is 0 Å². The number of allylic oxidation sites excluding steroid dienone is 4. The first-order valence-corrected chi connectivity index (χ1v) is 26.1. The van der Waals surface area contributed by atoms with Gasteiger partial charge in [0.1, 0.15) is 0 Å². The number of rotatable bonds is 12. The van der Waals surface area contributed by atoms with Crippen molar-refractivity contribution in [2.24, 2.45) is 0 Å². The van der Waals surface area contributed by atoms with Gasteiger partial charge in [0.15, 0.2) is 0 Å². The molecular formula is C71H56N4. The largest absolute Gasteiger partial charge is 0.314 e. The van der Waals surface area contributed by atoms with E-state index < -0.39 is 0 Å². The Morgan fingerprint density at radius 2 is 0.613 bits per heavy atom. The highest BCUT2D eigenvalue weighted by Crippen LogP contribution is 2.53. The smallest absolute Gasteiger partial charge is 0.0540 e. The number of nitrogens with zero attached hydrogens (tertiary/aromatic N) is 4. The molecule has 0 radical (unpaired) electrons. The van der Waals surface area contributed by atoms with Crippen LogP contribution in [0.25, 0.3) is 32.7 Å². The molecule has 4 nitrogen and oxygen atoms in total. The fraction of sp³-hybridized carbons (Fsp3) is 0.0704. The zero-order valence-electron chi connectivity index (χ0n) is 42.3. The summed E-state index contributed by atoms with van der Waals surface area (Å²) in [6.07, 6.45) is 6.45. The molecule has 0 heterocycles. The van der Waals surface area contributed by atoms with Crippen LogP contribution in [-0.2, 0) is 5.41 Å². The van der Waals surface area contributed by atoms with E-state index in [9.17, 15) is 0 Å². The Balaban J connectivity index is 0.855. The second-order valence-corrected chi connectivity index (χ2v) is 20.1. The van der Waals surface area contributed by atoms with E-state index in [0.717, 1.165) is 64.0 Å². The summed E-state index contributed by atoms with van der Waals surface area (Å²) in [4.78, 5) is 9.69. The summed E-state index contributed by atoms with van der Waals surface area (Å²) in [5.41, 5.74) is 18.8. The molecule has 75 heavy (non-hydrogen) atoms. The zero-order valence-corrected chi connectivity index (χ0v) is 42.3. The van der Waals surface area contributed by atoms with Gasteiger partial charge >= 0.3 is 0 Å². The van der Waals surface area contributed by atoms with Gasteiger partial charge in [-0.1, -0.05) is 172 Å². The molecule has 0 N–H and O–H groups in total. The molecule has 13 rings (SSSR count). The summed E-state index contributed by atoms with van der Waals surface area (Å²) >= 11 is 0. The monoisotopic (exact) mass is 964 g/mol. The summed E-state index contributed by atoms with van der Waals surface area (Å²) < 4.78 is 0. The maximum absolute atomic E-state index is 2.48. The Morgan fingerprint density at radius 1 is 0.280 bits per heavy atom. The predicted molar refractivity (Wildman–Crippen MR) is 317 cm³/mol. The van der Waals surface area contributed by atoms with Gasteiger partial charge in [0.05, 0.1) is 11.4 Å². The standard InChI is InChI=1S/C71H56N4/c1-71(2)67-49-61(72(53-25-7-3-8-26-53)57-37-41-59(42-38-57)74(55-29-11-5-12-30-55)69-35-19-23-51-21-15-17-33-63(51)69)45-47-65(67)66-48-46-62(50-68(66)71)73(54-27-9-4-10-28-54)58-39-43-60(44-40-58)75(56-31-13-6-14-32-56)70-36-20-24-52-22-16-18-34-64(52)70/h3-39,41-43,45-50H,40,44H2,1-2H3. The van der Waals surface area contributed by atoms with E-state index in [1.54, 1.807) is 0 Å². The topological polar surface area (TPSA) is 13.0 Å². The molecule has 0 bridgehead atoms. The third-order valence-electron chi connectivity index (χ3n) is 15.3. The molecule has 0 spiro atoms. The third kappa shape index (κ3) is 8.31. The van der Waals surface area contributed by atoms with Crippen LogP contribution in [-0.4, -0.2) is 0 Å². The Hall–Kier alpha value is -9.38. The van der Waals surface area contributed by atoms with Gasteiger partial charge in [-0.25, -0.2) is 0 Å². The van der Waals surface area contributed by atoms with E-state index in [-0.39, 0.29) is 5.41 Å². The molecule has 0 aromatic heterocycles. The lowest BCUT2D eigenvalue weighted by Gasteiger charge is -2.34. The van der Waals surface area contributed by atoms with Crippen molar-refractivity contribution in [3.05, 3.63) is 302 Å². The first-order valence-electron chi connectivity index (χ1n) is 26.1. The van der Waals surface area contributed by atoms with Crippen molar-refractivity contribution in [1.82, 2.24) is 0 Å². The summed E-state index contributed by atoms with van der Waals surface area (Å²) in [6.45, 7) is 4.79. The lowest BCUT2D eigenvalue weighted by molar-refractivity contribution is 0.660. The van der Waals surface area contributed by atoms with Crippen LogP contribution < -0.4 is 19.6 Å². The molecule has 0 aliphatic heterocycles. The van der Waals surface area contributed by atoms with Crippen LogP contribution in [0.5, 0.6) is 0 Å². The molecule has 0 amide bonds. The average Bonchev–Trinajstić information content (AvgIpc) is 3.77. The van der Waals surface area contributed by atoms with E-state index in [1.165, 1.54) is 60.9 Å². The predicted octanol–water partition coefficient (Wildman–Crippen LogP) is 19.8. The summed E-state index contributed by atoms with van der Waals surface area (Å²) in [5.74, 6) is 0. The zero-order chi connectivity index (χ0) is 50.3. The van der Waals surface area contributed by atoms with Crippen LogP contribution in [0.4, 0.5) is 56.9 Å². The van der Waals surface area contributed by atoms with Crippen molar-refractivity contribution in [3.63, 3.8) is 0 Å². The number of fused-ring (bicyclic) bond motifs is 5. The highest BCUT2D eigenvalue weighted by Gasteiger charge is 2.37. The van der Waals surface area contributed by atoms with Crippen molar-refractivity contribution in [3.8, 4) is 11.1 Å². The van der Waals surface area contributed by atoms with Crippen LogP contribution in [0, 0.1) is 0 Å². The third-order valence-corrected chi connectivity index (χ3v) is 15.3. The van der Waals surface area contributed by atoms with E-state index in [2.05, 4.69) is 313 Å². The normalized spacial score (nSPS) is 13.4. The molecule has 2 aliphatic carbocycles. The molecule has 0 fully saturated rings. The molecule has 0 unspecified atom stereocenters. The quantitative estimate of drug-likeness (QED) is 0.121. The van der Waals surface area contributed by atoms with Crippen molar-refractivity contribution in [1.29, 1.82) is 0 Å². The maximum atomic E-state index is 2.48. The van der Waals surface area contributed by atoms with E-state index in [1.807, 2.05) is 0 Å². The van der Waals surface area contributed by atoms with Crippen LogP contribution in [0.2, 0.25) is 0 Å². The summed E-state index contributed by atoms with van der Waals surface area (Å²) in [7, 11) is 0. The molecule has 11 aromatic carbocycles. The van der Waals surface area contributed by atoms with Crippen molar-refractivity contribution >= 4 is 78.4 Å². The Kier molecular flexibility index (Phi) is 11.7. The minimum atomic E-state index is -0.275.